The van der Waals surface area contributed by atoms with Crippen molar-refractivity contribution in [2.75, 3.05) is 31.7 Å². The van der Waals surface area contributed by atoms with Gasteiger partial charge in [0.05, 0.1) is 7.11 Å². The van der Waals surface area contributed by atoms with E-state index in [-0.39, 0.29) is 18.5 Å². The fraction of sp³-hybridized carbons (Fsp3) is 0.778. The van der Waals surface area contributed by atoms with Crippen LogP contribution in [-0.4, -0.2) is 49.6 Å². The number of hydrogen-bond acceptors (Lipinski definition) is 5. The number of hydrogen-bond donors (Lipinski definition) is 2. The number of nitrogens with one attached hydrogen (secondary N) is 2. The molecule has 1 aliphatic heterocycles. The van der Waals surface area contributed by atoms with E-state index in [1.54, 1.807) is 0 Å². The Morgan fingerprint density at radius 2 is 2.40 bits per heavy atom. The summed E-state index contributed by atoms with van der Waals surface area (Å²) < 4.78 is 4.42. The molecule has 0 aromatic rings. The summed E-state index contributed by atoms with van der Waals surface area (Å²) in [6, 6.07) is 0.224. The van der Waals surface area contributed by atoms with Crippen LogP contribution in [0.4, 0.5) is 0 Å². The zero-order chi connectivity index (χ0) is 11.1. The fourth-order valence-corrected chi connectivity index (χ4v) is 2.24. The Morgan fingerprint density at radius 1 is 1.60 bits per heavy atom. The van der Waals surface area contributed by atoms with E-state index >= 15 is 0 Å². The molecule has 1 saturated heterocycles. The minimum Gasteiger partial charge on any atom is -0.468 e. The van der Waals surface area contributed by atoms with Crippen molar-refractivity contribution in [2.24, 2.45) is 0 Å². The monoisotopic (exact) mass is 232 g/mol. The lowest BCUT2D eigenvalue weighted by Gasteiger charge is -2.22. The van der Waals surface area contributed by atoms with Gasteiger partial charge in [0.1, 0.15) is 6.54 Å². The van der Waals surface area contributed by atoms with Crippen LogP contribution in [0.25, 0.3) is 0 Å². The normalized spacial score (nSPS) is 20.7. The van der Waals surface area contributed by atoms with E-state index < -0.39 is 5.97 Å². The Bertz CT molecular complexity index is 229. The Morgan fingerprint density at radius 3 is 3.00 bits per heavy atom. The molecule has 86 valence electrons. The first-order chi connectivity index (χ1) is 7.22. The smallest absolute Gasteiger partial charge is 0.325 e. The minimum absolute atomic E-state index is 0.0464. The third-order valence-corrected chi connectivity index (χ3v) is 3.22. The van der Waals surface area contributed by atoms with Crippen LogP contribution in [0.1, 0.15) is 6.42 Å². The van der Waals surface area contributed by atoms with Crippen molar-refractivity contribution in [3.05, 3.63) is 0 Å². The second-order valence-corrected chi connectivity index (χ2v) is 4.43. The molecule has 0 radical (unpaired) electrons. The molecule has 0 saturated carbocycles. The largest absolute Gasteiger partial charge is 0.468 e. The van der Waals surface area contributed by atoms with Crippen LogP contribution in [0.5, 0.6) is 0 Å². The summed E-state index contributed by atoms with van der Waals surface area (Å²) in [6.07, 6.45) is 0.421. The van der Waals surface area contributed by atoms with Gasteiger partial charge < -0.3 is 15.4 Å². The molecule has 2 N–H and O–H groups in total. The van der Waals surface area contributed by atoms with Crippen LogP contribution >= 0.6 is 11.8 Å². The topological polar surface area (TPSA) is 67.4 Å². The highest BCUT2D eigenvalue weighted by Crippen LogP contribution is 2.09. The average Bonchev–Trinajstić information content (AvgIpc) is 2.27. The van der Waals surface area contributed by atoms with Gasteiger partial charge in [0.25, 0.3) is 0 Å². The molecule has 1 rings (SSSR count). The first-order valence-electron chi connectivity index (χ1n) is 4.87. The third kappa shape index (κ3) is 5.03. The molecular formula is C9H16N2O3S. The standard InChI is InChI=1S/C9H16N2O3S/c1-14-9(13)5-11-8(12)4-7-6-15-3-2-10-7/h7,10H,2-6H2,1H3,(H,11,12). The second-order valence-electron chi connectivity index (χ2n) is 3.28. The zero-order valence-electron chi connectivity index (χ0n) is 8.75. The molecule has 6 heteroatoms. The molecule has 0 aromatic heterocycles. The van der Waals surface area contributed by atoms with E-state index in [9.17, 15) is 9.59 Å². The second kappa shape index (κ2) is 6.68. The lowest BCUT2D eigenvalue weighted by molar-refractivity contribution is -0.141. The lowest BCUT2D eigenvalue weighted by atomic mass is 10.2. The van der Waals surface area contributed by atoms with Crippen molar-refractivity contribution >= 4 is 23.6 Å². The third-order valence-electron chi connectivity index (χ3n) is 2.09. The fourth-order valence-electron chi connectivity index (χ4n) is 1.29. The van der Waals surface area contributed by atoms with E-state index in [0.717, 1.165) is 18.1 Å². The number of carbonyl (C=O) groups is 2. The molecule has 1 amide bonds. The highest BCUT2D eigenvalue weighted by atomic mass is 32.2. The minimum atomic E-state index is -0.422. The highest BCUT2D eigenvalue weighted by Gasteiger charge is 2.16. The van der Waals surface area contributed by atoms with Gasteiger partial charge in [-0.1, -0.05) is 0 Å². The van der Waals surface area contributed by atoms with Crippen LogP contribution in [-0.2, 0) is 14.3 Å². The molecule has 1 aliphatic rings. The molecule has 1 atom stereocenters. The zero-order valence-corrected chi connectivity index (χ0v) is 9.56. The van der Waals surface area contributed by atoms with E-state index in [1.165, 1.54) is 7.11 Å². The molecule has 1 unspecified atom stereocenters. The Balaban J connectivity index is 2.14. The summed E-state index contributed by atoms with van der Waals surface area (Å²) >= 11 is 1.84. The van der Waals surface area contributed by atoms with Crippen LogP contribution in [0.2, 0.25) is 0 Å². The Kier molecular flexibility index (Phi) is 5.49. The van der Waals surface area contributed by atoms with Gasteiger partial charge in [-0.25, -0.2) is 0 Å². The van der Waals surface area contributed by atoms with Crippen molar-refractivity contribution in [1.29, 1.82) is 0 Å². The molecule has 15 heavy (non-hydrogen) atoms. The van der Waals surface area contributed by atoms with Gasteiger partial charge in [0.15, 0.2) is 0 Å². The van der Waals surface area contributed by atoms with E-state index in [2.05, 4.69) is 15.4 Å². The number of carbonyl (C=O) groups excluding carboxylic acids is 2. The maximum absolute atomic E-state index is 11.4. The Hall–Kier alpha value is -0.750. The summed E-state index contributed by atoms with van der Waals surface area (Å²) in [6.45, 7) is 0.898. The predicted molar refractivity (Wildman–Crippen MR) is 58.8 cm³/mol. The first-order valence-corrected chi connectivity index (χ1v) is 6.02. The number of rotatable bonds is 4. The quantitative estimate of drug-likeness (QED) is 0.632. The summed E-state index contributed by atoms with van der Waals surface area (Å²) in [5.41, 5.74) is 0. The van der Waals surface area contributed by atoms with Gasteiger partial charge in [0, 0.05) is 30.5 Å². The molecule has 1 fully saturated rings. The summed E-state index contributed by atoms with van der Waals surface area (Å²) in [5.74, 6) is 1.51. The van der Waals surface area contributed by atoms with Gasteiger partial charge in [-0.2, -0.15) is 11.8 Å². The van der Waals surface area contributed by atoms with Gasteiger partial charge in [-0.05, 0) is 0 Å². The maximum atomic E-state index is 11.4. The molecule has 1 heterocycles. The van der Waals surface area contributed by atoms with E-state index in [1.807, 2.05) is 11.8 Å². The highest BCUT2D eigenvalue weighted by molar-refractivity contribution is 7.99. The molecular weight excluding hydrogens is 216 g/mol. The number of methoxy groups -OCH3 is 1. The molecule has 0 bridgehead atoms. The number of thioether (sulfide) groups is 1. The van der Waals surface area contributed by atoms with Gasteiger partial charge in [-0.3, -0.25) is 9.59 Å². The summed E-state index contributed by atoms with van der Waals surface area (Å²) in [7, 11) is 1.30. The summed E-state index contributed by atoms with van der Waals surface area (Å²) in [4.78, 5) is 22.1. The maximum Gasteiger partial charge on any atom is 0.325 e. The first kappa shape index (κ1) is 12.3. The van der Waals surface area contributed by atoms with Crippen LogP contribution in [0, 0.1) is 0 Å². The van der Waals surface area contributed by atoms with Crippen molar-refractivity contribution < 1.29 is 14.3 Å². The van der Waals surface area contributed by atoms with Crippen LogP contribution in [0.3, 0.4) is 0 Å². The molecule has 0 aromatic carbocycles. The van der Waals surface area contributed by atoms with Gasteiger partial charge >= 0.3 is 5.97 Å². The van der Waals surface area contributed by atoms with Gasteiger partial charge in [-0.15, -0.1) is 0 Å². The predicted octanol–water partition coefficient (Wildman–Crippen LogP) is -0.629. The van der Waals surface area contributed by atoms with Crippen molar-refractivity contribution in [3.8, 4) is 0 Å². The van der Waals surface area contributed by atoms with E-state index in [4.69, 9.17) is 0 Å². The average molecular weight is 232 g/mol. The van der Waals surface area contributed by atoms with Gasteiger partial charge in [0.2, 0.25) is 5.91 Å². The SMILES string of the molecule is COC(=O)CNC(=O)CC1CSCCN1. The molecule has 0 spiro atoms. The van der Waals surface area contributed by atoms with Crippen molar-refractivity contribution in [2.45, 2.75) is 12.5 Å². The molecule has 5 nitrogen and oxygen atoms in total. The Labute approximate surface area is 93.3 Å². The lowest BCUT2D eigenvalue weighted by Crippen LogP contribution is -2.42. The number of amides is 1. The number of esters is 1. The van der Waals surface area contributed by atoms with Crippen molar-refractivity contribution in [1.82, 2.24) is 10.6 Å². The molecule has 0 aliphatic carbocycles. The number of ether oxygens (including phenoxy) is 1. The van der Waals surface area contributed by atoms with Crippen LogP contribution in [0.15, 0.2) is 0 Å². The summed E-state index contributed by atoms with van der Waals surface area (Å²) in [5, 5.41) is 5.77. The van der Waals surface area contributed by atoms with E-state index in [0.29, 0.717) is 6.42 Å². The van der Waals surface area contributed by atoms with Crippen LogP contribution < -0.4 is 10.6 Å². The van der Waals surface area contributed by atoms with Crippen molar-refractivity contribution in [3.63, 3.8) is 0 Å².